The Kier molecular flexibility index (Phi) is 4.67. The molecule has 1 unspecified atom stereocenters. The van der Waals surface area contributed by atoms with E-state index in [1.807, 2.05) is 0 Å². The third-order valence-electron chi connectivity index (χ3n) is 6.17. The van der Waals surface area contributed by atoms with Gasteiger partial charge in [-0.15, -0.1) is 0 Å². The molecule has 0 saturated carbocycles. The number of carbonyl (C=O) groups is 1. The van der Waals surface area contributed by atoms with Crippen LogP contribution < -0.4 is 5.73 Å². The number of piperidine rings is 1. The molecule has 1 aliphatic rings. The quantitative estimate of drug-likeness (QED) is 0.311. The van der Waals surface area contributed by atoms with Crippen LogP contribution in [-0.4, -0.2) is 31.7 Å². The van der Waals surface area contributed by atoms with Crippen molar-refractivity contribution in [3.8, 4) is 0 Å². The largest absolute Gasteiger partial charge is 0.382 e. The Balaban J connectivity index is 1.54. The molecule has 2 N–H and O–H groups in total. The molecule has 1 fully saturated rings. The first-order valence-electron chi connectivity index (χ1n) is 10.6. The Morgan fingerprint density at radius 1 is 1.03 bits per heavy atom. The van der Waals surface area contributed by atoms with Gasteiger partial charge < -0.3 is 10.6 Å². The Labute approximate surface area is 195 Å². The summed E-state index contributed by atoms with van der Waals surface area (Å²) in [7, 11) is -9.82. The molecular weight excluding hydrogens is 496 g/mol. The van der Waals surface area contributed by atoms with Crippen LogP contribution in [0.2, 0.25) is 0 Å². The molecule has 186 valence electrons. The van der Waals surface area contributed by atoms with Crippen molar-refractivity contribution in [2.24, 2.45) is 0 Å². The molecule has 0 aliphatic carbocycles. The minimum Gasteiger partial charge on any atom is -0.382 e. The topological polar surface area (TPSA) is 76.5 Å². The first-order chi connectivity index (χ1) is 16.2. The summed E-state index contributed by atoms with van der Waals surface area (Å²) in [6.45, 7) is 0.227. The number of fused-ring (bicyclic) bond motifs is 3. The minimum absolute atomic E-state index is 0.139. The van der Waals surface area contributed by atoms with Gasteiger partial charge >= 0.3 is 10.2 Å². The molecule has 1 atom stereocenters. The third kappa shape index (κ3) is 4.13. The summed E-state index contributed by atoms with van der Waals surface area (Å²) >= 11 is 0. The summed E-state index contributed by atoms with van der Waals surface area (Å²) in [6.07, 6.45) is 4.58. The van der Waals surface area contributed by atoms with Crippen LogP contribution in [0.5, 0.6) is 0 Å². The maximum Gasteiger partial charge on any atom is 0.310 e. The highest BCUT2D eigenvalue weighted by atomic mass is 32.5. The van der Waals surface area contributed by atoms with Crippen LogP contribution in [0, 0.1) is 5.82 Å². The van der Waals surface area contributed by atoms with Crippen LogP contribution in [0.3, 0.4) is 0 Å². The summed E-state index contributed by atoms with van der Waals surface area (Å²) in [5.74, 6) is -1.37. The Morgan fingerprint density at radius 2 is 1.74 bits per heavy atom. The van der Waals surface area contributed by atoms with Crippen molar-refractivity contribution in [3.05, 3.63) is 65.9 Å². The first-order valence-corrected chi connectivity index (χ1v) is 12.5. The number of nitrogen functional groups attached to an aromatic ring is 1. The van der Waals surface area contributed by atoms with E-state index < -0.39 is 32.9 Å². The van der Waals surface area contributed by atoms with Gasteiger partial charge in [-0.2, -0.15) is 0 Å². The van der Waals surface area contributed by atoms with Crippen LogP contribution in [0.1, 0.15) is 41.2 Å². The minimum atomic E-state index is -9.82. The van der Waals surface area contributed by atoms with E-state index >= 15 is 4.39 Å². The highest BCUT2D eigenvalue weighted by Crippen LogP contribution is 3.02. The van der Waals surface area contributed by atoms with Crippen molar-refractivity contribution in [1.29, 1.82) is 0 Å². The van der Waals surface area contributed by atoms with Crippen LogP contribution in [-0.2, 0) is 0 Å². The summed E-state index contributed by atoms with van der Waals surface area (Å²) in [5, 5.41) is 0. The van der Waals surface area contributed by atoms with E-state index in [-0.39, 0.29) is 29.0 Å². The Morgan fingerprint density at radius 3 is 2.43 bits per heavy atom. The van der Waals surface area contributed by atoms with Gasteiger partial charge in [-0.25, -0.2) is 14.4 Å². The normalized spacial score (nSPS) is 19.0. The molecular formula is C22H19F6N5OS. The van der Waals surface area contributed by atoms with Crippen LogP contribution in [0.4, 0.5) is 29.6 Å². The zero-order chi connectivity index (χ0) is 25.2. The highest BCUT2D eigenvalue weighted by Gasteiger charge is 2.65. The number of hydrogen-bond donors (Lipinski definition) is 1. The standard InChI is InChI=1S/C22H19F6N5OS/c23-16-10-17-19(33-12-30-11-20(33)21(29)31-17)9-15(16)22(34)32-8-2-1-3-18(32)13-4-6-14(7-5-13)35(24,25,26,27)28/h4-7,9-12,18H,1-3,8H2,(H2,29,31). The Hall–Kier alpha value is -3.48. The molecule has 3 heterocycles. The lowest BCUT2D eigenvalue weighted by Gasteiger charge is -2.41. The zero-order valence-corrected chi connectivity index (χ0v) is 18.8. The number of rotatable bonds is 3. The molecule has 1 saturated heterocycles. The number of anilines is 1. The number of amides is 1. The van der Waals surface area contributed by atoms with Gasteiger partial charge in [-0.05, 0) is 43.0 Å². The van der Waals surface area contributed by atoms with Crippen LogP contribution in [0.15, 0.2) is 53.8 Å². The second kappa shape index (κ2) is 7.03. The lowest BCUT2D eigenvalue weighted by molar-refractivity contribution is 0.0606. The average Bonchev–Trinajstić information content (AvgIpc) is 3.28. The fourth-order valence-electron chi connectivity index (χ4n) is 4.48. The molecule has 6 nitrogen and oxygen atoms in total. The number of nitrogens with two attached hydrogens (primary N) is 1. The summed E-state index contributed by atoms with van der Waals surface area (Å²) in [4.78, 5) is 21.0. The van der Waals surface area contributed by atoms with Gasteiger partial charge in [0.05, 0.1) is 35.2 Å². The van der Waals surface area contributed by atoms with E-state index in [1.165, 1.54) is 23.5 Å². The van der Waals surface area contributed by atoms with Crippen molar-refractivity contribution < 1.29 is 28.6 Å². The number of carbonyl (C=O) groups excluding carboxylic acids is 1. The van der Waals surface area contributed by atoms with Gasteiger partial charge in [0.2, 0.25) is 0 Å². The Bertz CT molecular complexity index is 1490. The van der Waals surface area contributed by atoms with E-state index in [0.29, 0.717) is 42.4 Å². The van der Waals surface area contributed by atoms with Crippen molar-refractivity contribution in [3.63, 3.8) is 0 Å². The van der Waals surface area contributed by atoms with E-state index in [9.17, 15) is 24.2 Å². The maximum atomic E-state index is 15.0. The predicted molar refractivity (Wildman–Crippen MR) is 120 cm³/mol. The monoisotopic (exact) mass is 515 g/mol. The van der Waals surface area contributed by atoms with Crippen LogP contribution in [0.25, 0.3) is 16.6 Å². The van der Waals surface area contributed by atoms with E-state index in [0.717, 1.165) is 18.2 Å². The van der Waals surface area contributed by atoms with E-state index in [2.05, 4.69) is 9.97 Å². The van der Waals surface area contributed by atoms with Crippen molar-refractivity contribution in [2.75, 3.05) is 12.3 Å². The van der Waals surface area contributed by atoms with Gasteiger partial charge in [0, 0.05) is 12.6 Å². The fourth-order valence-corrected chi connectivity index (χ4v) is 5.13. The molecule has 2 aromatic carbocycles. The number of benzene rings is 2. The molecule has 13 heteroatoms. The third-order valence-corrected chi connectivity index (χ3v) is 7.33. The van der Waals surface area contributed by atoms with Crippen LogP contribution >= 0.6 is 10.2 Å². The van der Waals surface area contributed by atoms with Crippen molar-refractivity contribution in [1.82, 2.24) is 19.3 Å². The number of likely N-dealkylation sites (tertiary alicyclic amines) is 1. The molecule has 2 aromatic heterocycles. The van der Waals surface area contributed by atoms with Crippen molar-refractivity contribution >= 4 is 38.5 Å². The van der Waals surface area contributed by atoms with E-state index in [1.54, 1.807) is 4.40 Å². The molecule has 1 amide bonds. The molecule has 5 rings (SSSR count). The molecule has 0 spiro atoms. The number of halogens is 6. The number of aromatic nitrogens is 3. The van der Waals surface area contributed by atoms with Gasteiger partial charge in [0.1, 0.15) is 22.0 Å². The van der Waals surface area contributed by atoms with E-state index in [4.69, 9.17) is 5.73 Å². The number of imidazole rings is 1. The van der Waals surface area contributed by atoms with Gasteiger partial charge in [0.15, 0.2) is 0 Å². The van der Waals surface area contributed by atoms with Gasteiger partial charge in [0.25, 0.3) is 5.91 Å². The first kappa shape index (κ1) is 23.3. The lowest BCUT2D eigenvalue weighted by Crippen LogP contribution is -2.39. The smallest absolute Gasteiger partial charge is 0.310 e. The summed E-state index contributed by atoms with van der Waals surface area (Å²) in [6, 6.07) is 4.27. The average molecular weight is 515 g/mol. The summed E-state index contributed by atoms with van der Waals surface area (Å²) in [5.41, 5.74) is 6.97. The maximum absolute atomic E-state index is 15.0. The lowest BCUT2D eigenvalue weighted by atomic mass is 9.94. The van der Waals surface area contributed by atoms with Gasteiger partial charge in [-0.3, -0.25) is 9.20 Å². The molecule has 0 bridgehead atoms. The molecule has 4 aromatic rings. The number of nitrogens with zero attached hydrogens (tertiary/aromatic N) is 4. The second-order valence-corrected chi connectivity index (χ2v) is 10.9. The molecule has 0 radical (unpaired) electrons. The molecule has 1 aliphatic heterocycles. The number of hydrogen-bond acceptors (Lipinski definition) is 4. The molecule has 35 heavy (non-hydrogen) atoms. The highest BCUT2D eigenvalue weighted by molar-refractivity contribution is 8.45. The van der Waals surface area contributed by atoms with Crippen molar-refractivity contribution in [2.45, 2.75) is 30.2 Å². The second-order valence-electron chi connectivity index (χ2n) is 8.51. The zero-order valence-electron chi connectivity index (χ0n) is 18.0. The predicted octanol–water partition coefficient (Wildman–Crippen LogP) is 6.63. The fraction of sp³-hybridized carbons (Fsp3) is 0.227. The summed E-state index contributed by atoms with van der Waals surface area (Å²) < 4.78 is 82.1. The SMILES string of the molecule is Nc1nc2cc(F)c(C(=O)N3CCCCC3c3ccc(S(F)(F)(F)(F)F)cc3)cc2n2cncc12. The van der Waals surface area contributed by atoms with Gasteiger partial charge in [-0.1, -0.05) is 31.6 Å².